The van der Waals surface area contributed by atoms with Crippen LogP contribution in [-0.2, 0) is 0 Å². The minimum absolute atomic E-state index is 0.203. The van der Waals surface area contributed by atoms with Gasteiger partial charge in [0.2, 0.25) is 0 Å². The molecular formula is C17H18O3S. The number of carboxylic acids is 1. The summed E-state index contributed by atoms with van der Waals surface area (Å²) in [6.07, 6.45) is -0.203. The number of hydrogen-bond donors (Lipinski definition) is 1. The highest BCUT2D eigenvalue weighted by Crippen LogP contribution is 2.32. The molecular weight excluding hydrogens is 284 g/mol. The van der Waals surface area contributed by atoms with Gasteiger partial charge >= 0.3 is 5.97 Å². The number of carboxylic acid groups (broad SMARTS) is 1. The average Bonchev–Trinajstić information content (AvgIpc) is 2.48. The fourth-order valence-corrected chi connectivity index (χ4v) is 2.90. The van der Waals surface area contributed by atoms with Gasteiger partial charge in [0.25, 0.3) is 0 Å². The second-order valence-electron chi connectivity index (χ2n) is 4.54. The first-order chi connectivity index (χ1) is 10.1. The van der Waals surface area contributed by atoms with Crippen LogP contribution in [0.25, 0.3) is 0 Å². The normalized spacial score (nSPS) is 11.9. The maximum atomic E-state index is 11.5. The van der Waals surface area contributed by atoms with Crippen LogP contribution in [0.1, 0.15) is 35.9 Å². The monoisotopic (exact) mass is 302 g/mol. The molecule has 0 amide bonds. The molecule has 2 rings (SSSR count). The number of ether oxygens (including phenoxy) is 1. The summed E-state index contributed by atoms with van der Waals surface area (Å²) in [6.45, 7) is 3.91. The molecule has 0 saturated carbocycles. The van der Waals surface area contributed by atoms with E-state index in [1.54, 1.807) is 6.07 Å². The van der Waals surface area contributed by atoms with Gasteiger partial charge in [0, 0.05) is 4.90 Å². The van der Waals surface area contributed by atoms with E-state index in [1.807, 2.05) is 56.3 Å². The molecule has 2 aromatic rings. The summed E-state index contributed by atoms with van der Waals surface area (Å²) < 4.78 is 5.89. The van der Waals surface area contributed by atoms with E-state index in [0.717, 1.165) is 16.2 Å². The lowest BCUT2D eigenvalue weighted by Crippen LogP contribution is -2.08. The molecule has 2 aromatic carbocycles. The van der Waals surface area contributed by atoms with Gasteiger partial charge in [-0.2, -0.15) is 0 Å². The van der Waals surface area contributed by atoms with Crippen molar-refractivity contribution in [2.75, 3.05) is 5.75 Å². The standard InChI is InChI=1S/C17H18O3S/c1-3-21-15-11-7-10-14(16(15)17(18)19)20-12(2)13-8-5-4-6-9-13/h4-12H,3H2,1-2H3,(H,18,19). The van der Waals surface area contributed by atoms with E-state index in [-0.39, 0.29) is 11.7 Å². The number of benzene rings is 2. The third kappa shape index (κ3) is 3.79. The van der Waals surface area contributed by atoms with E-state index < -0.39 is 5.97 Å². The minimum Gasteiger partial charge on any atom is -0.485 e. The summed E-state index contributed by atoms with van der Waals surface area (Å²) in [5.41, 5.74) is 1.26. The summed E-state index contributed by atoms with van der Waals surface area (Å²) in [7, 11) is 0. The summed E-state index contributed by atoms with van der Waals surface area (Å²) in [6, 6.07) is 15.1. The molecule has 0 saturated heterocycles. The van der Waals surface area contributed by atoms with Crippen LogP contribution in [-0.4, -0.2) is 16.8 Å². The Morgan fingerprint density at radius 3 is 2.52 bits per heavy atom. The third-order valence-corrected chi connectivity index (χ3v) is 4.01. The molecule has 110 valence electrons. The second kappa shape index (κ2) is 7.18. The van der Waals surface area contributed by atoms with Gasteiger partial charge in [0.1, 0.15) is 17.4 Å². The van der Waals surface area contributed by atoms with Crippen LogP contribution in [0.5, 0.6) is 5.75 Å². The van der Waals surface area contributed by atoms with Crippen molar-refractivity contribution in [1.82, 2.24) is 0 Å². The molecule has 1 unspecified atom stereocenters. The summed E-state index contributed by atoms with van der Waals surface area (Å²) in [5, 5.41) is 9.46. The molecule has 1 N–H and O–H groups in total. The maximum absolute atomic E-state index is 11.5. The zero-order chi connectivity index (χ0) is 15.2. The van der Waals surface area contributed by atoms with Crippen molar-refractivity contribution >= 4 is 17.7 Å². The van der Waals surface area contributed by atoms with E-state index in [0.29, 0.717) is 5.75 Å². The fourth-order valence-electron chi connectivity index (χ4n) is 2.08. The molecule has 21 heavy (non-hydrogen) atoms. The molecule has 4 heteroatoms. The molecule has 0 heterocycles. The predicted octanol–water partition coefficient (Wildman–Crippen LogP) is 4.64. The number of hydrogen-bond acceptors (Lipinski definition) is 3. The molecule has 0 spiro atoms. The maximum Gasteiger partial charge on any atom is 0.340 e. The van der Waals surface area contributed by atoms with Crippen molar-refractivity contribution in [1.29, 1.82) is 0 Å². The molecule has 3 nitrogen and oxygen atoms in total. The first-order valence-corrected chi connectivity index (χ1v) is 7.82. The highest BCUT2D eigenvalue weighted by Gasteiger charge is 2.18. The van der Waals surface area contributed by atoms with Crippen LogP contribution in [0, 0.1) is 0 Å². The average molecular weight is 302 g/mol. The molecule has 0 fully saturated rings. The van der Waals surface area contributed by atoms with Crippen LogP contribution in [0.3, 0.4) is 0 Å². The van der Waals surface area contributed by atoms with Crippen molar-refractivity contribution in [2.24, 2.45) is 0 Å². The first kappa shape index (κ1) is 15.4. The molecule has 0 radical (unpaired) electrons. The topological polar surface area (TPSA) is 46.5 Å². The van der Waals surface area contributed by atoms with Crippen molar-refractivity contribution in [2.45, 2.75) is 24.8 Å². The zero-order valence-electron chi connectivity index (χ0n) is 12.1. The Kier molecular flexibility index (Phi) is 5.28. The van der Waals surface area contributed by atoms with E-state index in [9.17, 15) is 9.90 Å². The number of thioether (sulfide) groups is 1. The molecule has 0 aliphatic rings. The van der Waals surface area contributed by atoms with Gasteiger partial charge in [0.15, 0.2) is 0 Å². The highest BCUT2D eigenvalue weighted by molar-refractivity contribution is 7.99. The molecule has 0 aliphatic carbocycles. The fraction of sp³-hybridized carbons (Fsp3) is 0.235. The third-order valence-electron chi connectivity index (χ3n) is 3.07. The quantitative estimate of drug-likeness (QED) is 0.790. The van der Waals surface area contributed by atoms with Gasteiger partial charge in [0.05, 0.1) is 0 Å². The Hall–Kier alpha value is -1.94. The van der Waals surface area contributed by atoms with E-state index in [4.69, 9.17) is 4.74 Å². The highest BCUT2D eigenvalue weighted by atomic mass is 32.2. The van der Waals surface area contributed by atoms with Crippen molar-refractivity contribution in [3.63, 3.8) is 0 Å². The Bertz CT molecular complexity index is 611. The van der Waals surface area contributed by atoms with Crippen LogP contribution < -0.4 is 4.74 Å². The van der Waals surface area contributed by atoms with Gasteiger partial charge in [-0.3, -0.25) is 0 Å². The van der Waals surface area contributed by atoms with E-state index in [2.05, 4.69) is 0 Å². The Labute approximate surface area is 129 Å². The smallest absolute Gasteiger partial charge is 0.340 e. The van der Waals surface area contributed by atoms with E-state index >= 15 is 0 Å². The second-order valence-corrected chi connectivity index (χ2v) is 5.84. The van der Waals surface area contributed by atoms with Gasteiger partial charge < -0.3 is 9.84 Å². The SMILES string of the molecule is CCSc1cccc(OC(C)c2ccccc2)c1C(=O)O. The number of aromatic carboxylic acids is 1. The largest absolute Gasteiger partial charge is 0.485 e. The van der Waals surface area contributed by atoms with Gasteiger partial charge in [-0.25, -0.2) is 4.79 Å². The Morgan fingerprint density at radius 1 is 1.19 bits per heavy atom. The van der Waals surface area contributed by atoms with Crippen LogP contribution in [0.4, 0.5) is 0 Å². The van der Waals surface area contributed by atoms with Gasteiger partial charge in [-0.1, -0.05) is 43.3 Å². The Balaban J connectivity index is 2.31. The summed E-state index contributed by atoms with van der Waals surface area (Å²) in [4.78, 5) is 12.3. The Morgan fingerprint density at radius 2 is 1.90 bits per heavy atom. The van der Waals surface area contributed by atoms with Crippen LogP contribution in [0.2, 0.25) is 0 Å². The van der Waals surface area contributed by atoms with Crippen molar-refractivity contribution < 1.29 is 14.6 Å². The number of rotatable bonds is 6. The lowest BCUT2D eigenvalue weighted by molar-refractivity contribution is 0.0685. The van der Waals surface area contributed by atoms with Crippen LogP contribution >= 0.6 is 11.8 Å². The summed E-state index contributed by atoms with van der Waals surface area (Å²) in [5.74, 6) is 0.275. The molecule has 0 aliphatic heterocycles. The molecule has 0 bridgehead atoms. The minimum atomic E-state index is -0.957. The van der Waals surface area contributed by atoms with Crippen LogP contribution in [0.15, 0.2) is 53.4 Å². The first-order valence-electron chi connectivity index (χ1n) is 6.84. The van der Waals surface area contributed by atoms with Crippen molar-refractivity contribution in [3.05, 3.63) is 59.7 Å². The van der Waals surface area contributed by atoms with Gasteiger partial charge in [-0.05, 0) is 30.4 Å². The van der Waals surface area contributed by atoms with Gasteiger partial charge in [-0.15, -0.1) is 11.8 Å². The predicted molar refractivity (Wildman–Crippen MR) is 85.3 cm³/mol. The van der Waals surface area contributed by atoms with E-state index in [1.165, 1.54) is 11.8 Å². The number of carbonyl (C=O) groups is 1. The molecule has 1 atom stereocenters. The molecule has 0 aromatic heterocycles. The lowest BCUT2D eigenvalue weighted by atomic mass is 10.1. The zero-order valence-corrected chi connectivity index (χ0v) is 12.9. The summed E-state index contributed by atoms with van der Waals surface area (Å²) >= 11 is 1.51. The lowest BCUT2D eigenvalue weighted by Gasteiger charge is -2.18. The van der Waals surface area contributed by atoms with Crippen molar-refractivity contribution in [3.8, 4) is 5.75 Å².